The quantitative estimate of drug-likeness (QED) is 0.206. The highest BCUT2D eigenvalue weighted by molar-refractivity contribution is 7.99. The molecule has 1 atom stereocenters. The zero-order valence-corrected chi connectivity index (χ0v) is 24.5. The smallest absolute Gasteiger partial charge is 0.220 e. The number of carbonyl (C=O) groups excluding carboxylic acids is 2. The monoisotopic (exact) mass is 572 g/mol. The van der Waals surface area contributed by atoms with Gasteiger partial charge in [0.2, 0.25) is 5.78 Å². The van der Waals surface area contributed by atoms with Crippen molar-refractivity contribution in [1.82, 2.24) is 4.90 Å². The predicted octanol–water partition coefficient (Wildman–Crippen LogP) is 7.46. The SMILES string of the molecule is C=CC(C1=CC(=O)C(OC)=CC1=O)c1ccccc1.CN(C)CCCN1c2ccccc2Sc2ccc(Cl)cc21. The maximum absolute atomic E-state index is 12.1. The molecule has 0 radical (unpaired) electrons. The number of benzene rings is 3. The molecule has 206 valence electrons. The minimum atomic E-state index is -0.292. The van der Waals surface area contributed by atoms with E-state index in [1.807, 2.05) is 48.2 Å². The van der Waals surface area contributed by atoms with E-state index in [0.717, 1.165) is 30.1 Å². The number of methoxy groups -OCH3 is 1. The molecule has 1 heterocycles. The van der Waals surface area contributed by atoms with Crippen molar-refractivity contribution in [3.63, 3.8) is 0 Å². The molecular weight excluding hydrogens is 540 g/mol. The van der Waals surface area contributed by atoms with E-state index in [1.165, 1.54) is 40.4 Å². The number of anilines is 2. The fraction of sp³-hybridized carbons (Fsp3) is 0.212. The molecule has 0 fully saturated rings. The molecule has 0 saturated heterocycles. The number of hydrogen-bond acceptors (Lipinski definition) is 6. The van der Waals surface area contributed by atoms with Gasteiger partial charge in [-0.1, -0.05) is 71.9 Å². The van der Waals surface area contributed by atoms with Crippen molar-refractivity contribution in [2.75, 3.05) is 39.2 Å². The van der Waals surface area contributed by atoms with Gasteiger partial charge in [0.05, 0.1) is 18.5 Å². The normalized spacial score (nSPS) is 14.8. The highest BCUT2D eigenvalue weighted by atomic mass is 35.5. The molecule has 0 spiro atoms. The van der Waals surface area contributed by atoms with E-state index in [9.17, 15) is 9.59 Å². The minimum Gasteiger partial charge on any atom is -0.493 e. The summed E-state index contributed by atoms with van der Waals surface area (Å²) >= 11 is 8.03. The lowest BCUT2D eigenvalue weighted by atomic mass is 9.85. The highest BCUT2D eigenvalue weighted by Crippen LogP contribution is 2.48. The molecule has 0 amide bonds. The molecule has 3 aromatic rings. The molecule has 0 aromatic heterocycles. The third-order valence-electron chi connectivity index (χ3n) is 6.60. The Labute approximate surface area is 245 Å². The third kappa shape index (κ3) is 6.94. The third-order valence-corrected chi connectivity index (χ3v) is 7.97. The second-order valence-electron chi connectivity index (χ2n) is 9.66. The predicted molar refractivity (Wildman–Crippen MR) is 165 cm³/mol. The number of ether oxygens (including phenoxy) is 1. The molecule has 0 bridgehead atoms. The van der Waals surface area contributed by atoms with E-state index in [2.05, 4.69) is 66.9 Å². The molecule has 5 rings (SSSR count). The maximum Gasteiger partial charge on any atom is 0.220 e. The summed E-state index contributed by atoms with van der Waals surface area (Å²) in [6.45, 7) is 5.84. The van der Waals surface area contributed by atoms with Crippen molar-refractivity contribution in [2.24, 2.45) is 0 Å². The van der Waals surface area contributed by atoms with Crippen LogP contribution in [0.15, 0.2) is 119 Å². The van der Waals surface area contributed by atoms with Crippen molar-refractivity contribution in [3.05, 3.63) is 120 Å². The van der Waals surface area contributed by atoms with Gasteiger partial charge < -0.3 is 14.5 Å². The van der Waals surface area contributed by atoms with E-state index >= 15 is 0 Å². The Morgan fingerprint density at radius 3 is 2.35 bits per heavy atom. The van der Waals surface area contributed by atoms with Gasteiger partial charge in [-0.25, -0.2) is 0 Å². The van der Waals surface area contributed by atoms with Crippen LogP contribution in [-0.4, -0.2) is 50.8 Å². The fourth-order valence-corrected chi connectivity index (χ4v) is 5.89. The summed E-state index contributed by atoms with van der Waals surface area (Å²) in [7, 11) is 5.60. The van der Waals surface area contributed by atoms with Crippen LogP contribution >= 0.6 is 23.4 Å². The zero-order valence-electron chi connectivity index (χ0n) is 23.0. The van der Waals surface area contributed by atoms with Crippen molar-refractivity contribution in [3.8, 4) is 0 Å². The van der Waals surface area contributed by atoms with E-state index in [4.69, 9.17) is 16.3 Å². The first-order valence-electron chi connectivity index (χ1n) is 13.0. The van der Waals surface area contributed by atoms with Gasteiger partial charge in [0, 0.05) is 38.9 Å². The number of carbonyl (C=O) groups is 2. The van der Waals surface area contributed by atoms with Gasteiger partial charge >= 0.3 is 0 Å². The second-order valence-corrected chi connectivity index (χ2v) is 11.2. The van der Waals surface area contributed by atoms with Crippen molar-refractivity contribution >= 4 is 46.3 Å². The van der Waals surface area contributed by atoms with Gasteiger partial charge in [0.15, 0.2) is 11.5 Å². The molecule has 0 N–H and O–H groups in total. The maximum atomic E-state index is 12.1. The Morgan fingerprint density at radius 2 is 1.65 bits per heavy atom. The summed E-state index contributed by atoms with van der Waals surface area (Å²) < 4.78 is 4.86. The van der Waals surface area contributed by atoms with Gasteiger partial charge in [0.25, 0.3) is 0 Å². The van der Waals surface area contributed by atoms with E-state index in [-0.39, 0.29) is 23.2 Å². The van der Waals surface area contributed by atoms with Gasteiger partial charge in [-0.3, -0.25) is 9.59 Å². The van der Waals surface area contributed by atoms with Crippen LogP contribution in [0.1, 0.15) is 17.9 Å². The van der Waals surface area contributed by atoms with Gasteiger partial charge in [-0.05, 0) is 69.0 Å². The van der Waals surface area contributed by atoms with Crippen molar-refractivity contribution in [2.45, 2.75) is 22.1 Å². The standard InChI is InChI=1S/C17H19ClN2S.C16H14O3/c1-19(2)10-5-11-20-14-6-3-4-7-16(14)21-17-9-8-13(18)12-15(17)20;1-3-12(11-7-5-4-6-8-11)13-9-15(18)16(19-2)10-14(13)17/h3-4,6-9,12H,5,10-11H2,1-2H3;3-10,12H,1H2,2H3. The van der Waals surface area contributed by atoms with Crippen molar-refractivity contribution < 1.29 is 14.3 Å². The Hall–Kier alpha value is -3.58. The molecule has 7 heteroatoms. The molecule has 1 aliphatic carbocycles. The van der Waals surface area contributed by atoms with Gasteiger partial charge in [-0.2, -0.15) is 0 Å². The van der Waals surface area contributed by atoms with Gasteiger partial charge in [0.1, 0.15) is 0 Å². The summed E-state index contributed by atoms with van der Waals surface area (Å²) in [5.41, 5.74) is 3.87. The number of hydrogen-bond donors (Lipinski definition) is 0. The van der Waals surface area contributed by atoms with Crippen LogP contribution in [-0.2, 0) is 14.3 Å². The summed E-state index contributed by atoms with van der Waals surface area (Å²) in [5, 5.41) is 0.798. The molecule has 0 saturated carbocycles. The highest BCUT2D eigenvalue weighted by Gasteiger charge is 2.26. The minimum absolute atomic E-state index is 0.0737. The number of para-hydroxylation sites is 1. The number of halogens is 1. The Kier molecular flexibility index (Phi) is 10.0. The van der Waals surface area contributed by atoms with Crippen LogP contribution in [0, 0.1) is 0 Å². The average molecular weight is 573 g/mol. The second kappa shape index (κ2) is 13.7. The first-order valence-corrected chi connectivity index (χ1v) is 14.2. The number of nitrogens with zero attached hydrogens (tertiary/aromatic N) is 2. The van der Waals surface area contributed by atoms with Crippen LogP contribution in [0.5, 0.6) is 0 Å². The van der Waals surface area contributed by atoms with Crippen LogP contribution in [0.3, 0.4) is 0 Å². The zero-order chi connectivity index (χ0) is 28.6. The van der Waals surface area contributed by atoms with Crippen LogP contribution in [0.4, 0.5) is 11.4 Å². The van der Waals surface area contributed by atoms with Crippen LogP contribution in [0.2, 0.25) is 5.02 Å². The summed E-state index contributed by atoms with van der Waals surface area (Å²) in [6.07, 6.45) is 5.35. The lowest BCUT2D eigenvalue weighted by molar-refractivity contribution is -0.117. The Morgan fingerprint density at radius 1 is 0.950 bits per heavy atom. The van der Waals surface area contributed by atoms with Crippen LogP contribution < -0.4 is 4.90 Å². The lowest BCUT2D eigenvalue weighted by Crippen LogP contribution is -2.25. The van der Waals surface area contributed by atoms with Crippen molar-refractivity contribution in [1.29, 1.82) is 0 Å². The first-order chi connectivity index (χ1) is 19.3. The summed E-state index contributed by atoms with van der Waals surface area (Å²) in [6, 6.07) is 24.2. The Bertz CT molecular complexity index is 1450. The van der Waals surface area contributed by atoms with E-state index < -0.39 is 0 Å². The fourth-order valence-electron chi connectivity index (χ4n) is 4.65. The molecule has 1 unspecified atom stereocenters. The van der Waals surface area contributed by atoms with Crippen LogP contribution in [0.25, 0.3) is 0 Å². The first kappa shape index (κ1) is 29.4. The molecule has 5 nitrogen and oxygen atoms in total. The molecule has 40 heavy (non-hydrogen) atoms. The largest absolute Gasteiger partial charge is 0.493 e. The van der Waals surface area contributed by atoms with E-state index in [1.54, 1.807) is 6.08 Å². The molecule has 2 aliphatic rings. The molecule has 1 aliphatic heterocycles. The molecule has 3 aromatic carbocycles. The number of ketones is 2. The Balaban J connectivity index is 0.000000186. The number of fused-ring (bicyclic) bond motifs is 2. The van der Waals surface area contributed by atoms with Gasteiger partial charge in [-0.15, -0.1) is 6.58 Å². The summed E-state index contributed by atoms with van der Waals surface area (Å²) in [5.74, 6) is -0.720. The average Bonchev–Trinajstić information content (AvgIpc) is 2.95. The summed E-state index contributed by atoms with van der Waals surface area (Å²) in [4.78, 5) is 31.1. The molecular formula is C33H33ClN2O3S. The topological polar surface area (TPSA) is 49.9 Å². The number of allylic oxidation sites excluding steroid dienone is 4. The number of rotatable bonds is 8. The lowest BCUT2D eigenvalue weighted by Gasteiger charge is -2.33. The van der Waals surface area contributed by atoms with E-state index in [0.29, 0.717) is 5.57 Å².